The second kappa shape index (κ2) is 4.19. The molecule has 1 heterocycles. The number of nitrogens with zero attached hydrogens (tertiary/aromatic N) is 1. The highest BCUT2D eigenvalue weighted by molar-refractivity contribution is 5.89. The first-order valence-corrected chi connectivity index (χ1v) is 4.28. The van der Waals surface area contributed by atoms with Gasteiger partial charge in [-0.3, -0.25) is 4.98 Å². The van der Waals surface area contributed by atoms with E-state index in [1.807, 2.05) is 0 Å². The molecule has 1 aromatic heterocycles. The summed E-state index contributed by atoms with van der Waals surface area (Å²) >= 11 is 0. The molecule has 0 amide bonds. The summed E-state index contributed by atoms with van der Waals surface area (Å²) < 4.78 is 4.88. The zero-order valence-electron chi connectivity index (χ0n) is 8.23. The van der Waals surface area contributed by atoms with Crippen LogP contribution in [-0.2, 0) is 4.74 Å². The van der Waals surface area contributed by atoms with Crippen molar-refractivity contribution < 1.29 is 14.6 Å². The second-order valence-corrected chi connectivity index (χ2v) is 3.62. The monoisotopic (exact) mass is 195 g/mol. The first-order valence-electron chi connectivity index (χ1n) is 4.28. The Labute approximate surface area is 82.5 Å². The average Bonchev–Trinajstić information content (AvgIpc) is 2.14. The third-order valence-electron chi connectivity index (χ3n) is 1.47. The molecule has 0 saturated heterocycles. The molecule has 0 aliphatic carbocycles. The Bertz CT molecular complexity index is 303. The van der Waals surface area contributed by atoms with E-state index in [1.54, 1.807) is 26.0 Å². The van der Waals surface area contributed by atoms with Crippen molar-refractivity contribution in [2.24, 2.45) is 0 Å². The predicted molar refractivity (Wildman–Crippen MR) is 50.8 cm³/mol. The van der Waals surface area contributed by atoms with Crippen LogP contribution in [0.25, 0.3) is 0 Å². The Hall–Kier alpha value is -1.42. The Morgan fingerprint density at radius 1 is 1.50 bits per heavy atom. The maximum absolute atomic E-state index is 11.3. The number of hydrogen-bond donors (Lipinski definition) is 1. The smallest absolute Gasteiger partial charge is 0.338 e. The van der Waals surface area contributed by atoms with E-state index in [-0.39, 0.29) is 6.61 Å². The van der Waals surface area contributed by atoms with Gasteiger partial charge in [0.2, 0.25) is 0 Å². The third kappa shape index (κ3) is 3.53. The molecule has 0 saturated carbocycles. The van der Waals surface area contributed by atoms with Crippen LogP contribution in [-0.4, -0.2) is 28.3 Å². The lowest BCUT2D eigenvalue weighted by Gasteiger charge is -2.16. The number of ether oxygens (including phenoxy) is 1. The molecule has 1 N–H and O–H groups in total. The summed E-state index contributed by atoms with van der Waals surface area (Å²) in [7, 11) is 0. The van der Waals surface area contributed by atoms with E-state index in [0.717, 1.165) is 0 Å². The van der Waals surface area contributed by atoms with Gasteiger partial charge in [0, 0.05) is 12.4 Å². The van der Waals surface area contributed by atoms with Crippen LogP contribution < -0.4 is 0 Å². The number of rotatable bonds is 3. The molecule has 0 unspecified atom stereocenters. The Morgan fingerprint density at radius 2 is 2.07 bits per heavy atom. The van der Waals surface area contributed by atoms with Gasteiger partial charge >= 0.3 is 5.97 Å². The van der Waals surface area contributed by atoms with Gasteiger partial charge in [0.25, 0.3) is 0 Å². The molecule has 1 rings (SSSR count). The quantitative estimate of drug-likeness (QED) is 0.731. The number of pyridine rings is 1. The highest BCUT2D eigenvalue weighted by atomic mass is 16.5. The van der Waals surface area contributed by atoms with Gasteiger partial charge in [0.1, 0.15) is 6.61 Å². The van der Waals surface area contributed by atoms with E-state index in [4.69, 9.17) is 4.74 Å². The lowest BCUT2D eigenvalue weighted by Crippen LogP contribution is -2.27. The van der Waals surface area contributed by atoms with E-state index in [2.05, 4.69) is 4.98 Å². The van der Waals surface area contributed by atoms with Crippen molar-refractivity contribution in [2.75, 3.05) is 6.61 Å². The van der Waals surface area contributed by atoms with E-state index in [1.165, 1.54) is 12.4 Å². The summed E-state index contributed by atoms with van der Waals surface area (Å²) in [5, 5.41) is 9.32. The highest BCUT2D eigenvalue weighted by Crippen LogP contribution is 2.05. The molecular weight excluding hydrogens is 182 g/mol. The van der Waals surface area contributed by atoms with Gasteiger partial charge < -0.3 is 9.84 Å². The van der Waals surface area contributed by atoms with Gasteiger partial charge in [0.05, 0.1) is 11.2 Å². The molecule has 4 heteroatoms. The Balaban J connectivity index is 2.52. The first-order chi connectivity index (χ1) is 6.49. The minimum absolute atomic E-state index is 0.0197. The predicted octanol–water partition coefficient (Wildman–Crippen LogP) is 1.01. The van der Waals surface area contributed by atoms with E-state index < -0.39 is 11.6 Å². The summed E-state index contributed by atoms with van der Waals surface area (Å²) in [6.45, 7) is 3.13. The molecule has 0 fully saturated rings. The van der Waals surface area contributed by atoms with E-state index in [9.17, 15) is 9.90 Å². The minimum Gasteiger partial charge on any atom is -0.459 e. The average molecular weight is 195 g/mol. The van der Waals surface area contributed by atoms with Crippen LogP contribution in [0.2, 0.25) is 0 Å². The second-order valence-electron chi connectivity index (χ2n) is 3.62. The molecule has 4 nitrogen and oxygen atoms in total. The van der Waals surface area contributed by atoms with Crippen molar-refractivity contribution in [1.82, 2.24) is 4.98 Å². The van der Waals surface area contributed by atoms with Crippen LogP contribution in [0.3, 0.4) is 0 Å². The number of aromatic nitrogens is 1. The van der Waals surface area contributed by atoms with Crippen LogP contribution in [0.1, 0.15) is 24.2 Å². The fourth-order valence-corrected chi connectivity index (χ4v) is 0.813. The Morgan fingerprint density at radius 3 is 2.57 bits per heavy atom. The Kier molecular flexibility index (Phi) is 3.19. The minimum atomic E-state index is -0.997. The van der Waals surface area contributed by atoms with E-state index in [0.29, 0.717) is 5.56 Å². The zero-order valence-corrected chi connectivity index (χ0v) is 8.23. The van der Waals surface area contributed by atoms with Crippen LogP contribution in [0.4, 0.5) is 0 Å². The number of carbonyl (C=O) groups excluding carboxylic acids is 1. The van der Waals surface area contributed by atoms with Crippen molar-refractivity contribution in [1.29, 1.82) is 0 Å². The van der Waals surface area contributed by atoms with Crippen molar-refractivity contribution >= 4 is 5.97 Å². The van der Waals surface area contributed by atoms with Crippen molar-refractivity contribution in [3.05, 3.63) is 30.1 Å². The van der Waals surface area contributed by atoms with Gasteiger partial charge in [-0.2, -0.15) is 0 Å². The standard InChI is InChI=1S/C10H13NO3/c1-10(2,13)7-14-9(12)8-3-5-11-6-4-8/h3-6,13H,7H2,1-2H3. The fourth-order valence-electron chi connectivity index (χ4n) is 0.813. The molecule has 0 spiro atoms. The first kappa shape index (κ1) is 10.7. The summed E-state index contributed by atoms with van der Waals surface area (Å²) in [4.78, 5) is 15.1. The van der Waals surface area contributed by atoms with Crippen molar-refractivity contribution in [3.63, 3.8) is 0 Å². The molecule has 0 aliphatic heterocycles. The molecule has 1 aromatic rings. The topological polar surface area (TPSA) is 59.4 Å². The lowest BCUT2D eigenvalue weighted by atomic mass is 10.2. The lowest BCUT2D eigenvalue weighted by molar-refractivity contribution is -0.0100. The number of hydrogen-bond acceptors (Lipinski definition) is 4. The molecule has 76 valence electrons. The molecule has 0 radical (unpaired) electrons. The van der Waals surface area contributed by atoms with Crippen molar-refractivity contribution in [3.8, 4) is 0 Å². The summed E-state index contributed by atoms with van der Waals surface area (Å²) in [5.74, 6) is -0.450. The van der Waals surface area contributed by atoms with Crippen LogP contribution in [0, 0.1) is 0 Å². The fraction of sp³-hybridized carbons (Fsp3) is 0.400. The largest absolute Gasteiger partial charge is 0.459 e. The summed E-state index contributed by atoms with van der Waals surface area (Å²) in [6, 6.07) is 3.12. The van der Waals surface area contributed by atoms with Crippen LogP contribution in [0.15, 0.2) is 24.5 Å². The van der Waals surface area contributed by atoms with Gasteiger partial charge in [-0.05, 0) is 26.0 Å². The van der Waals surface area contributed by atoms with Crippen LogP contribution in [0.5, 0.6) is 0 Å². The molecule has 0 atom stereocenters. The zero-order chi connectivity index (χ0) is 10.6. The molecular formula is C10H13NO3. The number of carbonyl (C=O) groups is 1. The SMILES string of the molecule is CC(C)(O)COC(=O)c1ccncc1. The summed E-state index contributed by atoms with van der Waals surface area (Å²) in [6.07, 6.45) is 3.03. The van der Waals surface area contributed by atoms with Crippen molar-refractivity contribution in [2.45, 2.75) is 19.4 Å². The third-order valence-corrected chi connectivity index (χ3v) is 1.47. The number of esters is 1. The molecule has 14 heavy (non-hydrogen) atoms. The maximum atomic E-state index is 11.3. The highest BCUT2D eigenvalue weighted by Gasteiger charge is 2.16. The number of aliphatic hydroxyl groups is 1. The van der Waals surface area contributed by atoms with Gasteiger partial charge in [-0.25, -0.2) is 4.79 Å². The summed E-state index contributed by atoms with van der Waals surface area (Å²) in [5.41, 5.74) is -0.563. The molecule has 0 aromatic carbocycles. The molecule has 0 aliphatic rings. The normalized spacial score (nSPS) is 11.1. The van der Waals surface area contributed by atoms with E-state index >= 15 is 0 Å². The van der Waals surface area contributed by atoms with Gasteiger partial charge in [-0.1, -0.05) is 0 Å². The molecule has 0 bridgehead atoms. The maximum Gasteiger partial charge on any atom is 0.338 e. The van der Waals surface area contributed by atoms with Gasteiger partial charge in [-0.15, -0.1) is 0 Å². The van der Waals surface area contributed by atoms with Crippen LogP contribution >= 0.6 is 0 Å². The van der Waals surface area contributed by atoms with Gasteiger partial charge in [0.15, 0.2) is 0 Å².